The maximum Gasteiger partial charge on any atom is 0.217 e. The first-order valence-electron chi connectivity index (χ1n) is 9.77. The Morgan fingerprint density at radius 1 is 1.22 bits per heavy atom. The molecule has 1 aromatic heterocycles. The summed E-state index contributed by atoms with van der Waals surface area (Å²) in [5.41, 5.74) is 2.53. The van der Waals surface area contributed by atoms with Gasteiger partial charge in [-0.2, -0.15) is 0 Å². The molecule has 1 aliphatic rings. The first-order valence-corrected chi connectivity index (χ1v) is 9.77. The summed E-state index contributed by atoms with van der Waals surface area (Å²) >= 11 is 0. The van der Waals surface area contributed by atoms with Crippen LogP contribution in [0.25, 0.3) is 0 Å². The van der Waals surface area contributed by atoms with Gasteiger partial charge in [-0.05, 0) is 55.9 Å². The van der Waals surface area contributed by atoms with Crippen LogP contribution >= 0.6 is 0 Å². The van der Waals surface area contributed by atoms with Crippen molar-refractivity contribution in [3.8, 4) is 5.75 Å². The van der Waals surface area contributed by atoms with Crippen molar-refractivity contribution in [2.75, 3.05) is 24.6 Å². The monoisotopic (exact) mass is 367 g/mol. The third kappa shape index (κ3) is 5.00. The second-order valence-corrected chi connectivity index (χ2v) is 7.14. The van der Waals surface area contributed by atoms with Crippen molar-refractivity contribution in [3.63, 3.8) is 0 Å². The van der Waals surface area contributed by atoms with E-state index in [1.54, 1.807) is 13.1 Å². The zero-order valence-corrected chi connectivity index (χ0v) is 16.4. The molecule has 0 aliphatic carbocycles. The van der Waals surface area contributed by atoms with Gasteiger partial charge in [-0.15, -0.1) is 0 Å². The molecular formula is C22H29N3O2. The lowest BCUT2D eigenvalue weighted by atomic mass is 9.88. The summed E-state index contributed by atoms with van der Waals surface area (Å²) in [5.74, 6) is 2.43. The summed E-state index contributed by atoms with van der Waals surface area (Å²) in [6.45, 7) is 8.22. The van der Waals surface area contributed by atoms with E-state index in [1.165, 1.54) is 5.56 Å². The fourth-order valence-corrected chi connectivity index (χ4v) is 3.70. The molecule has 1 aliphatic heterocycles. The van der Waals surface area contributed by atoms with Crippen LogP contribution in [0.2, 0.25) is 0 Å². The molecule has 3 rings (SSSR count). The predicted molar refractivity (Wildman–Crippen MR) is 108 cm³/mol. The number of amides is 1. The van der Waals surface area contributed by atoms with Crippen LogP contribution in [0.5, 0.6) is 5.75 Å². The Bertz CT molecular complexity index is 735. The molecule has 0 saturated carbocycles. The molecule has 1 amide bonds. The van der Waals surface area contributed by atoms with Gasteiger partial charge in [0, 0.05) is 20.0 Å². The average molecular weight is 367 g/mol. The molecule has 2 aromatic rings. The maximum atomic E-state index is 11.2. The lowest BCUT2D eigenvalue weighted by Crippen LogP contribution is -2.33. The summed E-state index contributed by atoms with van der Waals surface area (Å²) < 4.78 is 5.47. The van der Waals surface area contributed by atoms with Crippen LogP contribution in [0.1, 0.15) is 56.7 Å². The van der Waals surface area contributed by atoms with Crippen molar-refractivity contribution < 1.29 is 9.53 Å². The summed E-state index contributed by atoms with van der Waals surface area (Å²) in [6, 6.07) is 12.8. The van der Waals surface area contributed by atoms with E-state index in [1.807, 2.05) is 26.0 Å². The van der Waals surface area contributed by atoms with E-state index in [0.717, 1.165) is 43.1 Å². The molecule has 0 bridgehead atoms. The highest BCUT2D eigenvalue weighted by molar-refractivity contribution is 5.73. The van der Waals surface area contributed by atoms with Gasteiger partial charge in [0.15, 0.2) is 0 Å². The van der Waals surface area contributed by atoms with Crippen molar-refractivity contribution in [2.45, 2.75) is 45.6 Å². The van der Waals surface area contributed by atoms with E-state index in [-0.39, 0.29) is 11.9 Å². The quantitative estimate of drug-likeness (QED) is 0.836. The minimum atomic E-state index is 0.00171. The van der Waals surface area contributed by atoms with Gasteiger partial charge in [-0.25, -0.2) is 4.98 Å². The normalized spacial score (nSPS) is 16.0. The highest BCUT2D eigenvalue weighted by Crippen LogP contribution is 2.31. The molecular weight excluding hydrogens is 338 g/mol. The number of rotatable bonds is 6. The molecule has 0 spiro atoms. The molecule has 1 aromatic carbocycles. The zero-order valence-electron chi connectivity index (χ0n) is 16.4. The van der Waals surface area contributed by atoms with Gasteiger partial charge >= 0.3 is 0 Å². The van der Waals surface area contributed by atoms with E-state index in [0.29, 0.717) is 12.5 Å². The number of hydrogen-bond acceptors (Lipinski definition) is 4. The van der Waals surface area contributed by atoms with Gasteiger partial charge in [-0.1, -0.05) is 24.3 Å². The van der Waals surface area contributed by atoms with Crippen LogP contribution < -0.4 is 15.0 Å². The van der Waals surface area contributed by atoms with Gasteiger partial charge in [0.05, 0.1) is 18.8 Å². The number of anilines is 1. The lowest BCUT2D eigenvalue weighted by molar-refractivity contribution is -0.119. The number of ether oxygens (including phenoxy) is 1. The van der Waals surface area contributed by atoms with Crippen molar-refractivity contribution >= 4 is 11.7 Å². The van der Waals surface area contributed by atoms with E-state index >= 15 is 0 Å². The molecule has 144 valence electrons. The second-order valence-electron chi connectivity index (χ2n) is 7.14. The van der Waals surface area contributed by atoms with Crippen molar-refractivity contribution in [3.05, 3.63) is 53.7 Å². The van der Waals surface area contributed by atoms with Gasteiger partial charge in [0.2, 0.25) is 5.91 Å². The van der Waals surface area contributed by atoms with Gasteiger partial charge in [-0.3, -0.25) is 4.79 Å². The van der Waals surface area contributed by atoms with Gasteiger partial charge in [0.1, 0.15) is 11.6 Å². The lowest BCUT2D eigenvalue weighted by Gasteiger charge is -2.33. The highest BCUT2D eigenvalue weighted by Gasteiger charge is 2.21. The summed E-state index contributed by atoms with van der Waals surface area (Å²) in [5, 5.41) is 2.93. The number of nitrogens with zero attached hydrogens (tertiary/aromatic N) is 2. The SMILES string of the molecule is CCOc1ccc(N2CCC(c3ccc(C(C)NC(C)=O)cc3)CC2)nc1. The molecule has 1 saturated heterocycles. The van der Waals surface area contributed by atoms with E-state index < -0.39 is 0 Å². The zero-order chi connectivity index (χ0) is 19.2. The van der Waals surface area contributed by atoms with Crippen LogP contribution in [-0.2, 0) is 4.79 Å². The molecule has 1 unspecified atom stereocenters. The van der Waals surface area contributed by atoms with Gasteiger partial charge < -0.3 is 15.0 Å². The largest absolute Gasteiger partial charge is 0.492 e. The van der Waals surface area contributed by atoms with Crippen molar-refractivity contribution in [2.24, 2.45) is 0 Å². The number of piperidine rings is 1. The number of aromatic nitrogens is 1. The van der Waals surface area contributed by atoms with E-state index in [2.05, 4.69) is 39.5 Å². The minimum absolute atomic E-state index is 0.00171. The Labute approximate surface area is 161 Å². The first-order chi connectivity index (χ1) is 13.1. The van der Waals surface area contributed by atoms with E-state index in [9.17, 15) is 4.79 Å². The average Bonchev–Trinajstić information content (AvgIpc) is 2.69. The molecule has 1 atom stereocenters. The highest BCUT2D eigenvalue weighted by atomic mass is 16.5. The van der Waals surface area contributed by atoms with E-state index in [4.69, 9.17) is 4.74 Å². The fourth-order valence-electron chi connectivity index (χ4n) is 3.70. The summed E-state index contributed by atoms with van der Waals surface area (Å²) in [4.78, 5) is 18.1. The third-order valence-electron chi connectivity index (χ3n) is 5.18. The number of carbonyl (C=O) groups excluding carboxylic acids is 1. The first kappa shape index (κ1) is 19.2. The predicted octanol–water partition coefficient (Wildman–Crippen LogP) is 4.06. The Morgan fingerprint density at radius 2 is 1.93 bits per heavy atom. The van der Waals surface area contributed by atoms with Crippen LogP contribution in [0.4, 0.5) is 5.82 Å². The van der Waals surface area contributed by atoms with Crippen molar-refractivity contribution in [1.29, 1.82) is 0 Å². The molecule has 2 heterocycles. The Kier molecular flexibility index (Phi) is 6.32. The second kappa shape index (κ2) is 8.89. The molecule has 0 radical (unpaired) electrons. The Balaban J connectivity index is 1.56. The van der Waals surface area contributed by atoms with Crippen LogP contribution in [-0.4, -0.2) is 30.6 Å². The third-order valence-corrected chi connectivity index (χ3v) is 5.18. The van der Waals surface area contributed by atoms with Crippen LogP contribution in [0, 0.1) is 0 Å². The maximum absolute atomic E-state index is 11.2. The molecule has 5 heteroatoms. The number of carbonyl (C=O) groups is 1. The van der Waals surface area contributed by atoms with Crippen LogP contribution in [0.15, 0.2) is 42.6 Å². The summed E-state index contributed by atoms with van der Waals surface area (Å²) in [7, 11) is 0. The molecule has 5 nitrogen and oxygen atoms in total. The smallest absolute Gasteiger partial charge is 0.217 e. The minimum Gasteiger partial charge on any atom is -0.492 e. The van der Waals surface area contributed by atoms with Crippen LogP contribution in [0.3, 0.4) is 0 Å². The Hall–Kier alpha value is -2.56. The number of hydrogen-bond donors (Lipinski definition) is 1. The van der Waals surface area contributed by atoms with Crippen molar-refractivity contribution in [1.82, 2.24) is 10.3 Å². The number of pyridine rings is 1. The number of benzene rings is 1. The topological polar surface area (TPSA) is 54.5 Å². The summed E-state index contributed by atoms with van der Waals surface area (Å²) in [6.07, 6.45) is 4.05. The molecule has 1 N–H and O–H groups in total. The molecule has 1 fully saturated rings. The number of nitrogens with one attached hydrogen (secondary N) is 1. The fraction of sp³-hybridized carbons (Fsp3) is 0.455. The Morgan fingerprint density at radius 3 is 2.48 bits per heavy atom. The standard InChI is InChI=1S/C22H29N3O2/c1-4-27-21-9-10-22(23-15-21)25-13-11-20(12-14-25)19-7-5-18(6-8-19)16(2)24-17(3)26/h5-10,15-16,20H,4,11-14H2,1-3H3,(H,24,26). The molecule has 27 heavy (non-hydrogen) atoms. The van der Waals surface area contributed by atoms with Gasteiger partial charge in [0.25, 0.3) is 0 Å².